The molecular weight excluding hydrogens is 234 g/mol. The molecule has 0 aliphatic carbocycles. The molecule has 6 nitrogen and oxygen atoms in total. The predicted molar refractivity (Wildman–Crippen MR) is 68.6 cm³/mol. The van der Waals surface area contributed by atoms with Crippen molar-refractivity contribution in [3.63, 3.8) is 0 Å². The smallest absolute Gasteiger partial charge is 0.295 e. The van der Waals surface area contributed by atoms with E-state index in [0.29, 0.717) is 23.0 Å². The highest BCUT2D eigenvalue weighted by atomic mass is 16.6. The van der Waals surface area contributed by atoms with Gasteiger partial charge in [0.15, 0.2) is 5.58 Å². The zero-order valence-corrected chi connectivity index (χ0v) is 10.5. The van der Waals surface area contributed by atoms with Crippen molar-refractivity contribution in [1.82, 2.24) is 4.98 Å². The summed E-state index contributed by atoms with van der Waals surface area (Å²) in [6.07, 6.45) is 0. The number of non-ortho nitro benzene ring substituents is 1. The summed E-state index contributed by atoms with van der Waals surface area (Å²) in [5.74, 6) is 0.439. The zero-order valence-electron chi connectivity index (χ0n) is 10.5. The summed E-state index contributed by atoms with van der Waals surface area (Å²) in [6, 6.07) is 5.00. The number of hydrogen-bond acceptors (Lipinski definition) is 5. The van der Waals surface area contributed by atoms with Crippen LogP contribution in [0, 0.1) is 16.0 Å². The van der Waals surface area contributed by atoms with E-state index in [1.165, 1.54) is 12.1 Å². The maximum Gasteiger partial charge on any atom is 0.295 e. The molecule has 0 saturated heterocycles. The van der Waals surface area contributed by atoms with Crippen LogP contribution in [0.3, 0.4) is 0 Å². The molecule has 0 spiro atoms. The summed E-state index contributed by atoms with van der Waals surface area (Å²) < 4.78 is 5.45. The number of benzene rings is 1. The molecular formula is C12H15N3O3. The molecule has 0 radical (unpaired) electrons. The lowest BCUT2D eigenvalue weighted by Gasteiger charge is -2.15. The van der Waals surface area contributed by atoms with E-state index in [-0.39, 0.29) is 11.7 Å². The minimum atomic E-state index is -0.453. The molecule has 0 aliphatic rings. The molecule has 2 rings (SSSR count). The van der Waals surface area contributed by atoms with E-state index in [0.717, 1.165) is 0 Å². The number of oxazole rings is 1. The average Bonchev–Trinajstić information content (AvgIpc) is 2.69. The third-order valence-corrected chi connectivity index (χ3v) is 2.93. The van der Waals surface area contributed by atoms with Crippen LogP contribution in [0.15, 0.2) is 22.6 Å². The Hall–Kier alpha value is -2.11. The number of rotatable bonds is 4. The van der Waals surface area contributed by atoms with E-state index < -0.39 is 4.92 Å². The number of hydrogen-bond donors (Lipinski definition) is 1. The van der Waals surface area contributed by atoms with Gasteiger partial charge in [-0.3, -0.25) is 10.1 Å². The van der Waals surface area contributed by atoms with Gasteiger partial charge in [0.25, 0.3) is 11.7 Å². The summed E-state index contributed by atoms with van der Waals surface area (Å²) in [7, 11) is 0. The molecule has 1 aromatic heterocycles. The first kappa shape index (κ1) is 12.3. The van der Waals surface area contributed by atoms with Crippen LogP contribution in [0.4, 0.5) is 11.7 Å². The number of fused-ring (bicyclic) bond motifs is 1. The molecule has 0 fully saturated rings. The Kier molecular flexibility index (Phi) is 3.18. The van der Waals surface area contributed by atoms with Crippen LogP contribution in [0.5, 0.6) is 0 Å². The lowest BCUT2D eigenvalue weighted by atomic mass is 10.1. The van der Waals surface area contributed by atoms with Crippen molar-refractivity contribution in [1.29, 1.82) is 0 Å². The molecule has 6 heteroatoms. The van der Waals surface area contributed by atoms with Crippen LogP contribution in [-0.4, -0.2) is 15.9 Å². The van der Waals surface area contributed by atoms with Crippen LogP contribution in [0.2, 0.25) is 0 Å². The quantitative estimate of drug-likeness (QED) is 0.664. The van der Waals surface area contributed by atoms with E-state index in [1.807, 2.05) is 6.92 Å². The van der Waals surface area contributed by atoms with E-state index in [1.54, 1.807) is 6.07 Å². The Morgan fingerprint density at radius 2 is 2.11 bits per heavy atom. The van der Waals surface area contributed by atoms with E-state index in [2.05, 4.69) is 24.1 Å². The third kappa shape index (κ3) is 2.42. The first-order valence-electron chi connectivity index (χ1n) is 5.79. The number of aromatic nitrogens is 1. The molecule has 1 N–H and O–H groups in total. The topological polar surface area (TPSA) is 81.2 Å². The Labute approximate surface area is 104 Å². The van der Waals surface area contributed by atoms with Crippen molar-refractivity contribution in [3.8, 4) is 0 Å². The lowest BCUT2D eigenvalue weighted by Crippen LogP contribution is -2.21. The summed E-state index contributed by atoms with van der Waals surface area (Å²) in [5, 5.41) is 13.8. The standard InChI is InChI=1S/C12H15N3O3/c1-7(2)8(3)13-12-14-10-5-4-9(15(16)17)6-11(10)18-12/h4-8H,1-3H3,(H,13,14). The molecule has 96 valence electrons. The number of anilines is 1. The predicted octanol–water partition coefficient (Wildman–Crippen LogP) is 3.19. The molecule has 0 bridgehead atoms. The molecule has 0 saturated carbocycles. The highest BCUT2D eigenvalue weighted by molar-refractivity contribution is 5.77. The van der Waals surface area contributed by atoms with E-state index in [4.69, 9.17) is 4.42 Å². The molecule has 2 aromatic rings. The van der Waals surface area contributed by atoms with Gasteiger partial charge in [0, 0.05) is 12.1 Å². The van der Waals surface area contributed by atoms with Crippen LogP contribution in [0.1, 0.15) is 20.8 Å². The van der Waals surface area contributed by atoms with Crippen molar-refractivity contribution in [3.05, 3.63) is 28.3 Å². The summed E-state index contributed by atoms with van der Waals surface area (Å²) >= 11 is 0. The van der Waals surface area contributed by atoms with Gasteiger partial charge in [0.1, 0.15) is 5.52 Å². The second-order valence-electron chi connectivity index (χ2n) is 4.61. The van der Waals surface area contributed by atoms with Crippen LogP contribution in [-0.2, 0) is 0 Å². The van der Waals surface area contributed by atoms with Gasteiger partial charge in [-0.1, -0.05) is 13.8 Å². The maximum atomic E-state index is 10.6. The summed E-state index contributed by atoms with van der Waals surface area (Å²) in [5.41, 5.74) is 1.03. The Morgan fingerprint density at radius 3 is 2.72 bits per heavy atom. The van der Waals surface area contributed by atoms with Gasteiger partial charge >= 0.3 is 0 Å². The lowest BCUT2D eigenvalue weighted by molar-refractivity contribution is -0.384. The molecule has 1 atom stereocenters. The SMILES string of the molecule is CC(C)C(C)Nc1nc2ccc([N+](=O)[O-])cc2o1. The van der Waals surface area contributed by atoms with E-state index in [9.17, 15) is 10.1 Å². The van der Waals surface area contributed by atoms with Crippen molar-refractivity contribution in [2.45, 2.75) is 26.8 Å². The molecule has 18 heavy (non-hydrogen) atoms. The van der Waals surface area contributed by atoms with Gasteiger partial charge in [-0.15, -0.1) is 0 Å². The van der Waals surface area contributed by atoms with Gasteiger partial charge < -0.3 is 9.73 Å². The van der Waals surface area contributed by atoms with Gasteiger partial charge in [-0.2, -0.15) is 4.98 Å². The fourth-order valence-corrected chi connectivity index (χ4v) is 1.45. The van der Waals surface area contributed by atoms with Crippen LogP contribution >= 0.6 is 0 Å². The first-order chi connectivity index (χ1) is 8.47. The highest BCUT2D eigenvalue weighted by Crippen LogP contribution is 2.24. The second kappa shape index (κ2) is 4.64. The van der Waals surface area contributed by atoms with Crippen molar-refractivity contribution < 1.29 is 9.34 Å². The second-order valence-corrected chi connectivity index (χ2v) is 4.61. The summed E-state index contributed by atoms with van der Waals surface area (Å²) in [4.78, 5) is 14.4. The monoisotopic (exact) mass is 249 g/mol. The Morgan fingerprint density at radius 1 is 1.39 bits per heavy atom. The normalized spacial score (nSPS) is 12.9. The van der Waals surface area contributed by atoms with Gasteiger partial charge in [0.05, 0.1) is 11.0 Å². The van der Waals surface area contributed by atoms with Crippen molar-refractivity contribution in [2.24, 2.45) is 5.92 Å². The van der Waals surface area contributed by atoms with Gasteiger partial charge in [-0.05, 0) is 18.9 Å². The number of nitro groups is 1. The highest BCUT2D eigenvalue weighted by Gasteiger charge is 2.14. The molecule has 1 heterocycles. The van der Waals surface area contributed by atoms with Crippen LogP contribution < -0.4 is 5.32 Å². The van der Waals surface area contributed by atoms with Gasteiger partial charge in [-0.25, -0.2) is 0 Å². The minimum absolute atomic E-state index is 0.00195. The summed E-state index contributed by atoms with van der Waals surface area (Å²) in [6.45, 7) is 6.21. The molecule has 1 unspecified atom stereocenters. The molecule has 1 aromatic carbocycles. The number of nitrogens with zero attached hydrogens (tertiary/aromatic N) is 2. The molecule has 0 aliphatic heterocycles. The Balaban J connectivity index is 2.30. The third-order valence-electron chi connectivity index (χ3n) is 2.93. The Bertz CT molecular complexity index is 577. The minimum Gasteiger partial charge on any atom is -0.423 e. The largest absolute Gasteiger partial charge is 0.423 e. The maximum absolute atomic E-state index is 10.6. The van der Waals surface area contributed by atoms with Crippen molar-refractivity contribution >= 4 is 22.8 Å². The number of nitrogens with one attached hydrogen (secondary N) is 1. The average molecular weight is 249 g/mol. The fraction of sp³-hybridized carbons (Fsp3) is 0.417. The van der Waals surface area contributed by atoms with Gasteiger partial charge in [0.2, 0.25) is 0 Å². The molecule has 0 amide bonds. The van der Waals surface area contributed by atoms with Crippen molar-refractivity contribution in [2.75, 3.05) is 5.32 Å². The number of nitro benzene ring substituents is 1. The fourth-order valence-electron chi connectivity index (χ4n) is 1.45. The van der Waals surface area contributed by atoms with Crippen LogP contribution in [0.25, 0.3) is 11.1 Å². The first-order valence-corrected chi connectivity index (χ1v) is 5.79. The zero-order chi connectivity index (χ0) is 13.3. The van der Waals surface area contributed by atoms with E-state index >= 15 is 0 Å².